The summed E-state index contributed by atoms with van der Waals surface area (Å²) in [6.45, 7) is 4.84. The van der Waals surface area contributed by atoms with Crippen LogP contribution in [0.25, 0.3) is 0 Å². The van der Waals surface area contributed by atoms with Gasteiger partial charge in [0.25, 0.3) is 5.91 Å². The maximum Gasteiger partial charge on any atom is 0.325 e. The van der Waals surface area contributed by atoms with E-state index >= 15 is 0 Å². The van der Waals surface area contributed by atoms with E-state index in [1.54, 1.807) is 0 Å². The molecule has 0 bridgehead atoms. The second-order valence-corrected chi connectivity index (χ2v) is 7.50. The zero-order valence-corrected chi connectivity index (χ0v) is 14.1. The third kappa shape index (κ3) is 2.83. The minimum Gasteiger partial charge on any atom is -0.338 e. The van der Waals surface area contributed by atoms with E-state index in [4.69, 9.17) is 0 Å². The van der Waals surface area contributed by atoms with Crippen molar-refractivity contribution in [1.29, 1.82) is 0 Å². The van der Waals surface area contributed by atoms with E-state index in [0.29, 0.717) is 18.8 Å². The number of hydrogen-bond acceptors (Lipinski definition) is 3. The highest BCUT2D eigenvalue weighted by Gasteiger charge is 2.52. The molecule has 1 aliphatic carbocycles. The monoisotopic (exact) mass is 321 g/mol. The summed E-state index contributed by atoms with van der Waals surface area (Å²) in [4.78, 5) is 40.6. The Kier molecular flexibility index (Phi) is 4.34. The van der Waals surface area contributed by atoms with E-state index < -0.39 is 11.6 Å². The van der Waals surface area contributed by atoms with Crippen molar-refractivity contribution in [2.45, 2.75) is 70.4 Å². The first-order chi connectivity index (χ1) is 10.9. The van der Waals surface area contributed by atoms with Crippen LogP contribution in [0.4, 0.5) is 4.79 Å². The second-order valence-electron chi connectivity index (χ2n) is 7.50. The largest absolute Gasteiger partial charge is 0.338 e. The summed E-state index contributed by atoms with van der Waals surface area (Å²) in [6, 6.07) is -0.169. The molecule has 0 aromatic heterocycles. The average Bonchev–Trinajstić information content (AvgIpc) is 3.09. The van der Waals surface area contributed by atoms with Crippen LogP contribution in [0, 0.1) is 5.92 Å². The maximum absolute atomic E-state index is 12.7. The van der Waals surface area contributed by atoms with Crippen LogP contribution >= 0.6 is 0 Å². The van der Waals surface area contributed by atoms with Crippen molar-refractivity contribution >= 4 is 17.8 Å². The molecule has 2 saturated heterocycles. The number of hydrogen-bond donors (Lipinski definition) is 1. The fourth-order valence-corrected chi connectivity index (χ4v) is 4.34. The third-order valence-electron chi connectivity index (χ3n) is 5.64. The van der Waals surface area contributed by atoms with Crippen molar-refractivity contribution in [1.82, 2.24) is 15.1 Å². The molecule has 2 heterocycles. The van der Waals surface area contributed by atoms with Crippen molar-refractivity contribution in [3.05, 3.63) is 0 Å². The number of rotatable bonds is 3. The number of nitrogens with one attached hydrogen (secondary N) is 1. The number of carbonyl (C=O) groups excluding carboxylic acids is 3. The van der Waals surface area contributed by atoms with Crippen LogP contribution in [0.15, 0.2) is 0 Å². The predicted octanol–water partition coefficient (Wildman–Crippen LogP) is 1.89. The van der Waals surface area contributed by atoms with Gasteiger partial charge in [-0.25, -0.2) is 4.79 Å². The Morgan fingerprint density at radius 1 is 1.22 bits per heavy atom. The fourth-order valence-electron chi connectivity index (χ4n) is 4.34. The SMILES string of the molecule is CC(C)C1CCCN1C(=O)CN1C(=O)NC2(CCCCC2)C1=O. The molecule has 128 valence electrons. The van der Waals surface area contributed by atoms with Gasteiger partial charge in [-0.1, -0.05) is 33.1 Å². The van der Waals surface area contributed by atoms with Crippen molar-refractivity contribution < 1.29 is 14.4 Å². The van der Waals surface area contributed by atoms with Gasteiger partial charge >= 0.3 is 6.03 Å². The molecular weight excluding hydrogens is 294 g/mol. The zero-order chi connectivity index (χ0) is 16.6. The number of amides is 4. The first-order valence-electron chi connectivity index (χ1n) is 8.88. The highest BCUT2D eigenvalue weighted by Crippen LogP contribution is 2.34. The van der Waals surface area contributed by atoms with Crippen LogP contribution in [0.2, 0.25) is 0 Å². The highest BCUT2D eigenvalue weighted by atomic mass is 16.2. The lowest BCUT2D eigenvalue weighted by Crippen LogP contribution is -2.49. The molecule has 1 atom stereocenters. The first-order valence-corrected chi connectivity index (χ1v) is 8.88. The molecule has 1 saturated carbocycles. The zero-order valence-electron chi connectivity index (χ0n) is 14.1. The maximum atomic E-state index is 12.7. The van der Waals surface area contributed by atoms with E-state index in [1.165, 1.54) is 0 Å². The van der Waals surface area contributed by atoms with Crippen LogP contribution in [0.5, 0.6) is 0 Å². The summed E-state index contributed by atoms with van der Waals surface area (Å²) in [6.07, 6.45) is 6.41. The fraction of sp³-hybridized carbons (Fsp3) is 0.824. The lowest BCUT2D eigenvalue weighted by atomic mass is 9.82. The molecular formula is C17H27N3O3. The molecule has 0 radical (unpaired) electrons. The molecule has 0 aromatic carbocycles. The number of likely N-dealkylation sites (tertiary alicyclic amines) is 1. The van der Waals surface area contributed by atoms with Crippen molar-refractivity contribution in [3.63, 3.8) is 0 Å². The van der Waals surface area contributed by atoms with Crippen molar-refractivity contribution in [2.24, 2.45) is 5.92 Å². The molecule has 1 spiro atoms. The highest BCUT2D eigenvalue weighted by molar-refractivity contribution is 6.09. The van der Waals surface area contributed by atoms with E-state index in [2.05, 4.69) is 19.2 Å². The Morgan fingerprint density at radius 3 is 2.57 bits per heavy atom. The Hall–Kier alpha value is -1.59. The topological polar surface area (TPSA) is 69.7 Å². The Bertz CT molecular complexity index is 511. The number of urea groups is 1. The minimum absolute atomic E-state index is 0.0995. The second kappa shape index (κ2) is 6.13. The van der Waals surface area contributed by atoms with Gasteiger partial charge in [0, 0.05) is 12.6 Å². The van der Waals surface area contributed by atoms with E-state index in [1.807, 2.05) is 4.90 Å². The Labute approximate surface area is 137 Å². The number of nitrogens with zero attached hydrogens (tertiary/aromatic N) is 2. The lowest BCUT2D eigenvalue weighted by Gasteiger charge is -2.31. The average molecular weight is 321 g/mol. The molecule has 3 aliphatic rings. The van der Waals surface area contributed by atoms with E-state index in [9.17, 15) is 14.4 Å². The number of carbonyl (C=O) groups is 3. The predicted molar refractivity (Wildman–Crippen MR) is 85.6 cm³/mol. The molecule has 6 heteroatoms. The lowest BCUT2D eigenvalue weighted by molar-refractivity contribution is -0.140. The van der Waals surface area contributed by atoms with Crippen LogP contribution < -0.4 is 5.32 Å². The smallest absolute Gasteiger partial charge is 0.325 e. The van der Waals surface area contributed by atoms with Gasteiger partial charge in [-0.3, -0.25) is 14.5 Å². The summed E-state index contributed by atoms with van der Waals surface area (Å²) in [5.41, 5.74) is -0.738. The third-order valence-corrected chi connectivity index (χ3v) is 5.64. The molecule has 6 nitrogen and oxygen atoms in total. The molecule has 1 N–H and O–H groups in total. The summed E-state index contributed by atoms with van der Waals surface area (Å²) >= 11 is 0. The first kappa shape index (κ1) is 16.3. The molecule has 2 aliphatic heterocycles. The standard InChI is InChI=1S/C17H27N3O3/c1-12(2)13-7-6-10-19(13)14(21)11-20-15(22)17(18-16(20)23)8-4-3-5-9-17/h12-13H,3-11H2,1-2H3,(H,18,23). The van der Waals surface area contributed by atoms with Crippen LogP contribution in [0.1, 0.15) is 58.8 Å². The van der Waals surface area contributed by atoms with Crippen molar-refractivity contribution in [2.75, 3.05) is 13.1 Å². The van der Waals surface area contributed by atoms with E-state index in [0.717, 1.165) is 43.5 Å². The van der Waals surface area contributed by atoms with Gasteiger partial charge in [0.2, 0.25) is 5.91 Å². The van der Waals surface area contributed by atoms with Gasteiger partial charge in [-0.2, -0.15) is 0 Å². The van der Waals surface area contributed by atoms with Gasteiger partial charge < -0.3 is 10.2 Å². The molecule has 4 amide bonds. The normalized spacial score (nSPS) is 27.2. The van der Waals surface area contributed by atoms with Crippen molar-refractivity contribution in [3.8, 4) is 0 Å². The van der Waals surface area contributed by atoms with Crippen LogP contribution in [-0.2, 0) is 9.59 Å². The summed E-state index contributed by atoms with van der Waals surface area (Å²) in [5, 5.41) is 2.87. The van der Waals surface area contributed by atoms with Gasteiger partial charge in [0.1, 0.15) is 12.1 Å². The Balaban J connectivity index is 1.69. The minimum atomic E-state index is -0.738. The van der Waals surface area contributed by atoms with Crippen LogP contribution in [0.3, 0.4) is 0 Å². The number of imide groups is 1. The van der Waals surface area contributed by atoms with Gasteiger partial charge in [0.15, 0.2) is 0 Å². The van der Waals surface area contributed by atoms with Gasteiger partial charge in [-0.15, -0.1) is 0 Å². The van der Waals surface area contributed by atoms with Gasteiger partial charge in [0.05, 0.1) is 0 Å². The van der Waals surface area contributed by atoms with E-state index in [-0.39, 0.29) is 24.4 Å². The van der Waals surface area contributed by atoms with Crippen LogP contribution in [-0.4, -0.2) is 52.3 Å². The summed E-state index contributed by atoms with van der Waals surface area (Å²) < 4.78 is 0. The molecule has 3 fully saturated rings. The van der Waals surface area contributed by atoms with Gasteiger partial charge in [-0.05, 0) is 31.6 Å². The molecule has 23 heavy (non-hydrogen) atoms. The Morgan fingerprint density at radius 2 is 1.91 bits per heavy atom. The summed E-state index contributed by atoms with van der Waals surface area (Å²) in [5.74, 6) is 0.0997. The quantitative estimate of drug-likeness (QED) is 0.807. The molecule has 1 unspecified atom stereocenters. The summed E-state index contributed by atoms with van der Waals surface area (Å²) in [7, 11) is 0. The molecule has 0 aromatic rings. The molecule has 3 rings (SSSR count).